The fourth-order valence-electron chi connectivity index (χ4n) is 2.74. The third-order valence-electron chi connectivity index (χ3n) is 4.11. The zero-order valence-corrected chi connectivity index (χ0v) is 18.1. The monoisotopic (exact) mass is 413 g/mol. The standard InChI is InChI=1S/C21H27N5S2/c1-3-22-21(23-12-11-19-24-13-16(2)28-19)25-14-18-15-27-20(26-18)10-9-17-7-5-4-6-8-17/h4-8,13,15H,3,9-12,14H2,1-2H3,(H2,22,23,25). The van der Waals surface area contributed by atoms with Gasteiger partial charge in [-0.2, -0.15) is 0 Å². The van der Waals surface area contributed by atoms with Gasteiger partial charge in [0.2, 0.25) is 0 Å². The van der Waals surface area contributed by atoms with Crippen LogP contribution in [0.15, 0.2) is 46.9 Å². The quantitative estimate of drug-likeness (QED) is 0.411. The second-order valence-electron chi connectivity index (χ2n) is 6.45. The molecule has 0 bridgehead atoms. The van der Waals surface area contributed by atoms with Gasteiger partial charge in [-0.1, -0.05) is 30.3 Å². The highest BCUT2D eigenvalue weighted by atomic mass is 32.1. The second-order valence-corrected chi connectivity index (χ2v) is 8.72. The smallest absolute Gasteiger partial charge is 0.191 e. The molecule has 0 aliphatic rings. The summed E-state index contributed by atoms with van der Waals surface area (Å²) in [7, 11) is 0. The molecule has 7 heteroatoms. The summed E-state index contributed by atoms with van der Waals surface area (Å²) in [6, 6.07) is 10.6. The number of hydrogen-bond acceptors (Lipinski definition) is 5. The molecule has 28 heavy (non-hydrogen) atoms. The Balaban J connectivity index is 1.47. The minimum Gasteiger partial charge on any atom is -0.357 e. The first-order chi connectivity index (χ1) is 13.7. The minimum absolute atomic E-state index is 0.591. The van der Waals surface area contributed by atoms with Crippen LogP contribution in [0.2, 0.25) is 0 Å². The van der Waals surface area contributed by atoms with E-state index in [1.165, 1.54) is 15.4 Å². The SMILES string of the molecule is CCNC(=NCc1csc(CCc2ccccc2)n1)NCCc1ncc(C)s1. The van der Waals surface area contributed by atoms with Crippen molar-refractivity contribution in [2.75, 3.05) is 13.1 Å². The highest BCUT2D eigenvalue weighted by molar-refractivity contribution is 7.11. The predicted octanol–water partition coefficient (Wildman–Crippen LogP) is 3.99. The molecule has 0 saturated carbocycles. The molecule has 0 aliphatic carbocycles. The van der Waals surface area contributed by atoms with E-state index in [1.807, 2.05) is 6.20 Å². The molecular formula is C21H27N5S2. The lowest BCUT2D eigenvalue weighted by Gasteiger charge is -2.10. The van der Waals surface area contributed by atoms with Crippen molar-refractivity contribution in [2.24, 2.45) is 4.99 Å². The van der Waals surface area contributed by atoms with E-state index in [0.29, 0.717) is 6.54 Å². The van der Waals surface area contributed by atoms with Crippen molar-refractivity contribution in [3.8, 4) is 0 Å². The van der Waals surface area contributed by atoms with E-state index >= 15 is 0 Å². The molecule has 0 unspecified atom stereocenters. The summed E-state index contributed by atoms with van der Waals surface area (Å²) in [6.07, 6.45) is 4.83. The van der Waals surface area contributed by atoms with Crippen molar-refractivity contribution >= 4 is 28.6 Å². The van der Waals surface area contributed by atoms with Gasteiger partial charge in [-0.05, 0) is 25.8 Å². The van der Waals surface area contributed by atoms with Crippen LogP contribution in [0.1, 0.15) is 33.1 Å². The van der Waals surface area contributed by atoms with Crippen LogP contribution in [0.5, 0.6) is 0 Å². The van der Waals surface area contributed by atoms with Crippen LogP contribution in [-0.2, 0) is 25.8 Å². The van der Waals surface area contributed by atoms with Crippen molar-refractivity contribution in [3.63, 3.8) is 0 Å². The molecule has 0 atom stereocenters. The highest BCUT2D eigenvalue weighted by Gasteiger charge is 2.04. The number of aromatic nitrogens is 2. The summed E-state index contributed by atoms with van der Waals surface area (Å²) in [5.41, 5.74) is 2.38. The fourth-order valence-corrected chi connectivity index (χ4v) is 4.31. The Bertz CT molecular complexity index is 870. The molecule has 0 fully saturated rings. The number of nitrogens with zero attached hydrogens (tertiary/aromatic N) is 3. The molecule has 0 radical (unpaired) electrons. The first-order valence-corrected chi connectivity index (χ1v) is 11.3. The Morgan fingerprint density at radius 2 is 1.93 bits per heavy atom. The normalized spacial score (nSPS) is 11.6. The van der Waals surface area contributed by atoms with Crippen LogP contribution in [0.25, 0.3) is 0 Å². The number of hydrogen-bond donors (Lipinski definition) is 2. The number of guanidine groups is 1. The molecule has 2 N–H and O–H groups in total. The Kier molecular flexibility index (Phi) is 7.99. The van der Waals surface area contributed by atoms with Gasteiger partial charge in [0.25, 0.3) is 0 Å². The molecular weight excluding hydrogens is 386 g/mol. The average Bonchev–Trinajstić information content (AvgIpc) is 3.34. The molecule has 5 nitrogen and oxygen atoms in total. The van der Waals surface area contributed by atoms with Crippen LogP contribution in [0.4, 0.5) is 0 Å². The molecule has 0 spiro atoms. The van der Waals surface area contributed by atoms with Gasteiger partial charge >= 0.3 is 0 Å². The maximum atomic E-state index is 4.74. The van der Waals surface area contributed by atoms with Crippen LogP contribution in [0.3, 0.4) is 0 Å². The topological polar surface area (TPSA) is 62.2 Å². The minimum atomic E-state index is 0.591. The third kappa shape index (κ3) is 6.73. The van der Waals surface area contributed by atoms with Crippen LogP contribution >= 0.6 is 22.7 Å². The number of aliphatic imine (C=N–C) groups is 1. The molecule has 3 rings (SSSR count). The number of thiazole rings is 2. The van der Waals surface area contributed by atoms with Crippen LogP contribution < -0.4 is 10.6 Å². The summed E-state index contributed by atoms with van der Waals surface area (Å²) in [6.45, 7) is 6.40. The molecule has 0 amide bonds. The molecule has 2 heterocycles. The van der Waals surface area contributed by atoms with E-state index < -0.39 is 0 Å². The zero-order valence-electron chi connectivity index (χ0n) is 16.4. The van der Waals surface area contributed by atoms with Crippen molar-refractivity contribution in [3.05, 3.63) is 68.1 Å². The number of aryl methyl sites for hydroxylation is 3. The summed E-state index contributed by atoms with van der Waals surface area (Å²) in [4.78, 5) is 15.1. The van der Waals surface area contributed by atoms with Crippen molar-refractivity contribution in [1.29, 1.82) is 0 Å². The molecule has 3 aromatic rings. The number of rotatable bonds is 9. The lowest BCUT2D eigenvalue weighted by atomic mass is 10.1. The van der Waals surface area contributed by atoms with E-state index in [4.69, 9.17) is 4.98 Å². The molecule has 1 aromatic carbocycles. The predicted molar refractivity (Wildman–Crippen MR) is 119 cm³/mol. The number of benzene rings is 1. The van der Waals surface area contributed by atoms with Gasteiger partial charge in [-0.3, -0.25) is 0 Å². The van der Waals surface area contributed by atoms with Crippen LogP contribution in [0, 0.1) is 6.92 Å². The number of nitrogens with one attached hydrogen (secondary N) is 2. The second kappa shape index (κ2) is 10.9. The van der Waals surface area contributed by atoms with Gasteiger partial charge in [0.05, 0.1) is 22.3 Å². The largest absolute Gasteiger partial charge is 0.357 e. The maximum Gasteiger partial charge on any atom is 0.191 e. The van der Waals surface area contributed by atoms with Crippen molar-refractivity contribution in [2.45, 2.75) is 39.7 Å². The van der Waals surface area contributed by atoms with Crippen molar-refractivity contribution in [1.82, 2.24) is 20.6 Å². The van der Waals surface area contributed by atoms with E-state index in [0.717, 1.165) is 49.0 Å². The Morgan fingerprint density at radius 1 is 1.07 bits per heavy atom. The van der Waals surface area contributed by atoms with Gasteiger partial charge in [0, 0.05) is 42.4 Å². The van der Waals surface area contributed by atoms with Crippen LogP contribution in [-0.4, -0.2) is 29.0 Å². The van der Waals surface area contributed by atoms with Gasteiger partial charge < -0.3 is 10.6 Å². The molecule has 148 valence electrons. The maximum absolute atomic E-state index is 4.74. The summed E-state index contributed by atoms with van der Waals surface area (Å²) in [5.74, 6) is 0.828. The lowest BCUT2D eigenvalue weighted by Crippen LogP contribution is -2.38. The van der Waals surface area contributed by atoms with E-state index in [9.17, 15) is 0 Å². The summed E-state index contributed by atoms with van der Waals surface area (Å²) < 4.78 is 0. The van der Waals surface area contributed by atoms with E-state index in [2.05, 4.69) is 70.2 Å². The zero-order chi connectivity index (χ0) is 19.6. The first kappa shape index (κ1) is 20.5. The summed E-state index contributed by atoms with van der Waals surface area (Å²) >= 11 is 3.47. The molecule has 0 saturated heterocycles. The first-order valence-electron chi connectivity index (χ1n) is 9.63. The van der Waals surface area contributed by atoms with Gasteiger partial charge in [0.15, 0.2) is 5.96 Å². The fraction of sp³-hybridized carbons (Fsp3) is 0.381. The average molecular weight is 414 g/mol. The summed E-state index contributed by atoms with van der Waals surface area (Å²) in [5, 5.41) is 11.1. The van der Waals surface area contributed by atoms with Crippen molar-refractivity contribution < 1.29 is 0 Å². The van der Waals surface area contributed by atoms with Gasteiger partial charge in [-0.25, -0.2) is 15.0 Å². The lowest BCUT2D eigenvalue weighted by molar-refractivity contribution is 0.793. The Labute approximate surface area is 175 Å². The third-order valence-corrected chi connectivity index (χ3v) is 6.04. The highest BCUT2D eigenvalue weighted by Crippen LogP contribution is 2.14. The molecule has 2 aromatic heterocycles. The van der Waals surface area contributed by atoms with Gasteiger partial charge in [0.1, 0.15) is 0 Å². The van der Waals surface area contributed by atoms with Gasteiger partial charge in [-0.15, -0.1) is 22.7 Å². The van der Waals surface area contributed by atoms with E-state index in [1.54, 1.807) is 22.7 Å². The van der Waals surface area contributed by atoms with E-state index in [-0.39, 0.29) is 0 Å². The Morgan fingerprint density at radius 3 is 2.68 bits per heavy atom. The molecule has 0 aliphatic heterocycles. The Hall–Kier alpha value is -2.25.